The highest BCUT2D eigenvalue weighted by atomic mass is 16.5. The number of carbonyl (C=O) groups is 1. The van der Waals surface area contributed by atoms with Crippen molar-refractivity contribution in [2.45, 2.75) is 13.3 Å². The van der Waals surface area contributed by atoms with Gasteiger partial charge in [-0.15, -0.1) is 0 Å². The second-order valence-electron chi connectivity index (χ2n) is 3.05. The van der Waals surface area contributed by atoms with Gasteiger partial charge in [0.05, 0.1) is 19.8 Å². The first kappa shape index (κ1) is 12.1. The van der Waals surface area contributed by atoms with Gasteiger partial charge in [-0.1, -0.05) is 13.5 Å². The summed E-state index contributed by atoms with van der Waals surface area (Å²) >= 11 is 0. The molecule has 0 aliphatic carbocycles. The van der Waals surface area contributed by atoms with Crippen LogP contribution < -0.4 is 0 Å². The van der Waals surface area contributed by atoms with Crippen LogP contribution in [0.3, 0.4) is 0 Å². The van der Waals surface area contributed by atoms with Crippen LogP contribution in [0.4, 0.5) is 0 Å². The number of ether oxygens (including phenoxy) is 1. The molecule has 1 saturated heterocycles. The number of carboxylic acids is 1. The summed E-state index contributed by atoms with van der Waals surface area (Å²) in [5.41, 5.74) is 0.139. The van der Waals surface area contributed by atoms with Gasteiger partial charge in [0, 0.05) is 11.5 Å². The minimum atomic E-state index is -0.981. The molecule has 2 N–H and O–H groups in total. The van der Waals surface area contributed by atoms with Gasteiger partial charge in [0.2, 0.25) is 0 Å². The molecular weight excluding hydrogens is 172 g/mol. The van der Waals surface area contributed by atoms with Gasteiger partial charge in [-0.3, -0.25) is 0 Å². The van der Waals surface area contributed by atoms with Gasteiger partial charge in [-0.2, -0.15) is 0 Å². The lowest BCUT2D eigenvalue weighted by Crippen LogP contribution is -2.44. The van der Waals surface area contributed by atoms with Crippen LogP contribution >= 0.6 is 0 Å². The van der Waals surface area contributed by atoms with Crippen molar-refractivity contribution >= 4 is 5.97 Å². The fraction of sp³-hybridized carbons (Fsp3) is 0.667. The van der Waals surface area contributed by atoms with E-state index in [-0.39, 0.29) is 12.0 Å². The van der Waals surface area contributed by atoms with Gasteiger partial charge in [0.25, 0.3) is 0 Å². The SMILES string of the molecule is C=CC(=O)O.CCC1(CO)COC1. The number of hydrogen-bond acceptors (Lipinski definition) is 3. The van der Waals surface area contributed by atoms with Crippen molar-refractivity contribution in [3.63, 3.8) is 0 Å². The highest BCUT2D eigenvalue weighted by Gasteiger charge is 2.35. The van der Waals surface area contributed by atoms with E-state index in [1.807, 2.05) is 0 Å². The molecular formula is C9H16O4. The van der Waals surface area contributed by atoms with Gasteiger partial charge in [-0.25, -0.2) is 4.79 Å². The van der Waals surface area contributed by atoms with E-state index in [2.05, 4.69) is 13.5 Å². The molecule has 0 aromatic carbocycles. The monoisotopic (exact) mass is 188 g/mol. The second kappa shape index (κ2) is 5.72. The third-order valence-corrected chi connectivity index (χ3v) is 2.08. The van der Waals surface area contributed by atoms with E-state index in [4.69, 9.17) is 14.9 Å². The molecule has 1 aliphatic heterocycles. The number of aliphatic hydroxyl groups is 1. The van der Waals surface area contributed by atoms with E-state index in [9.17, 15) is 4.79 Å². The summed E-state index contributed by atoms with van der Waals surface area (Å²) in [7, 11) is 0. The molecule has 0 amide bonds. The number of rotatable bonds is 3. The lowest BCUT2D eigenvalue weighted by molar-refractivity contribution is -0.138. The Balaban J connectivity index is 0.000000252. The zero-order chi connectivity index (χ0) is 10.3. The fourth-order valence-electron chi connectivity index (χ4n) is 0.798. The summed E-state index contributed by atoms with van der Waals surface area (Å²) < 4.78 is 4.96. The summed E-state index contributed by atoms with van der Waals surface area (Å²) in [5.74, 6) is -0.981. The molecule has 13 heavy (non-hydrogen) atoms. The van der Waals surface area contributed by atoms with E-state index in [1.54, 1.807) is 0 Å². The Morgan fingerprint density at radius 1 is 1.69 bits per heavy atom. The second-order valence-corrected chi connectivity index (χ2v) is 3.05. The molecule has 0 spiro atoms. The van der Waals surface area contributed by atoms with Crippen molar-refractivity contribution in [1.29, 1.82) is 0 Å². The van der Waals surface area contributed by atoms with E-state index in [0.29, 0.717) is 0 Å². The Kier molecular flexibility index (Phi) is 5.34. The number of aliphatic hydroxyl groups excluding tert-OH is 1. The van der Waals surface area contributed by atoms with E-state index in [0.717, 1.165) is 25.7 Å². The Hall–Kier alpha value is -0.870. The van der Waals surface area contributed by atoms with Crippen LogP contribution in [0.25, 0.3) is 0 Å². The zero-order valence-electron chi connectivity index (χ0n) is 7.82. The van der Waals surface area contributed by atoms with Crippen LogP contribution in [0.15, 0.2) is 12.7 Å². The molecule has 0 aromatic heterocycles. The van der Waals surface area contributed by atoms with Crippen LogP contribution in [-0.2, 0) is 9.53 Å². The maximum absolute atomic E-state index is 9.25. The van der Waals surface area contributed by atoms with Crippen molar-refractivity contribution in [1.82, 2.24) is 0 Å². The van der Waals surface area contributed by atoms with E-state index in [1.165, 1.54) is 0 Å². The van der Waals surface area contributed by atoms with Gasteiger partial charge in [0.1, 0.15) is 0 Å². The molecule has 4 heteroatoms. The van der Waals surface area contributed by atoms with Crippen molar-refractivity contribution in [3.8, 4) is 0 Å². The van der Waals surface area contributed by atoms with Crippen molar-refractivity contribution < 1.29 is 19.7 Å². The molecule has 4 nitrogen and oxygen atoms in total. The molecule has 0 atom stereocenters. The summed E-state index contributed by atoms with van der Waals surface area (Å²) in [4.78, 5) is 9.25. The summed E-state index contributed by atoms with van der Waals surface area (Å²) in [6.45, 7) is 6.82. The topological polar surface area (TPSA) is 66.8 Å². The Labute approximate surface area is 77.8 Å². The number of carboxylic acid groups (broad SMARTS) is 1. The fourth-order valence-corrected chi connectivity index (χ4v) is 0.798. The van der Waals surface area contributed by atoms with Crippen LogP contribution in [0.1, 0.15) is 13.3 Å². The molecule has 0 saturated carbocycles. The summed E-state index contributed by atoms with van der Waals surface area (Å²) in [6, 6.07) is 0. The third-order valence-electron chi connectivity index (χ3n) is 2.08. The minimum Gasteiger partial charge on any atom is -0.478 e. The predicted octanol–water partition coefficient (Wildman–Crippen LogP) is 0.662. The van der Waals surface area contributed by atoms with Crippen LogP contribution in [0.5, 0.6) is 0 Å². The standard InChI is InChI=1S/C6H12O2.C3H4O2/c1-2-6(3-7)4-8-5-6;1-2-3(4)5/h7H,2-5H2,1H3;2H,1H2,(H,4,5). The molecule has 0 radical (unpaired) electrons. The zero-order valence-corrected chi connectivity index (χ0v) is 7.82. The molecule has 1 aliphatic rings. The van der Waals surface area contributed by atoms with Crippen LogP contribution in [0, 0.1) is 5.41 Å². The van der Waals surface area contributed by atoms with Crippen molar-refractivity contribution in [3.05, 3.63) is 12.7 Å². The van der Waals surface area contributed by atoms with E-state index >= 15 is 0 Å². The van der Waals surface area contributed by atoms with Gasteiger partial charge >= 0.3 is 5.97 Å². The lowest BCUT2D eigenvalue weighted by Gasteiger charge is -2.38. The number of aliphatic carboxylic acids is 1. The molecule has 0 unspecified atom stereocenters. The van der Waals surface area contributed by atoms with Crippen molar-refractivity contribution in [2.24, 2.45) is 5.41 Å². The first-order valence-corrected chi connectivity index (χ1v) is 4.14. The normalized spacial score (nSPS) is 17.7. The summed E-state index contributed by atoms with van der Waals surface area (Å²) in [6.07, 6.45) is 1.86. The Morgan fingerprint density at radius 3 is 2.15 bits per heavy atom. The maximum atomic E-state index is 9.25. The van der Waals surface area contributed by atoms with Gasteiger partial charge in [-0.05, 0) is 6.42 Å². The summed E-state index contributed by atoms with van der Waals surface area (Å²) in [5, 5.41) is 16.4. The molecule has 0 aromatic rings. The first-order chi connectivity index (χ1) is 6.10. The molecule has 1 fully saturated rings. The lowest BCUT2D eigenvalue weighted by atomic mass is 9.84. The largest absolute Gasteiger partial charge is 0.478 e. The smallest absolute Gasteiger partial charge is 0.327 e. The Bertz CT molecular complexity index is 159. The van der Waals surface area contributed by atoms with E-state index < -0.39 is 5.97 Å². The minimum absolute atomic E-state index is 0.139. The highest BCUT2D eigenvalue weighted by Crippen LogP contribution is 2.29. The molecule has 0 bridgehead atoms. The average Bonchev–Trinajstić information content (AvgIpc) is 2.06. The third kappa shape index (κ3) is 4.05. The quantitative estimate of drug-likeness (QED) is 0.638. The Morgan fingerprint density at radius 2 is 2.15 bits per heavy atom. The molecule has 1 rings (SSSR count). The van der Waals surface area contributed by atoms with Crippen LogP contribution in [0.2, 0.25) is 0 Å². The molecule has 1 heterocycles. The van der Waals surface area contributed by atoms with Gasteiger partial charge < -0.3 is 14.9 Å². The first-order valence-electron chi connectivity index (χ1n) is 4.14. The molecule has 76 valence electrons. The van der Waals surface area contributed by atoms with Crippen molar-refractivity contribution in [2.75, 3.05) is 19.8 Å². The highest BCUT2D eigenvalue weighted by molar-refractivity contribution is 5.78. The van der Waals surface area contributed by atoms with Crippen LogP contribution in [-0.4, -0.2) is 36.0 Å². The number of hydrogen-bond donors (Lipinski definition) is 2. The average molecular weight is 188 g/mol. The maximum Gasteiger partial charge on any atom is 0.327 e. The predicted molar refractivity (Wildman–Crippen MR) is 48.5 cm³/mol. The van der Waals surface area contributed by atoms with Gasteiger partial charge in [0.15, 0.2) is 0 Å².